The minimum atomic E-state index is -1.00. The van der Waals surface area contributed by atoms with Crippen molar-refractivity contribution < 1.29 is 117 Å². The summed E-state index contributed by atoms with van der Waals surface area (Å²) in [5.74, 6) is -5.02. The van der Waals surface area contributed by atoms with Gasteiger partial charge in [-0.15, -0.1) is 0 Å². The quantitative estimate of drug-likeness (QED) is 0.0126. The monoisotopic (exact) mass is 2040 g/mol. The van der Waals surface area contributed by atoms with Gasteiger partial charge in [0.05, 0.1) is 159 Å². The van der Waals surface area contributed by atoms with Crippen molar-refractivity contribution >= 4 is 147 Å². The van der Waals surface area contributed by atoms with Crippen molar-refractivity contribution in [2.24, 2.45) is 35.2 Å². The maximum Gasteiger partial charge on any atom is 0.310 e. The third-order valence-corrected chi connectivity index (χ3v) is 23.7. The van der Waals surface area contributed by atoms with E-state index in [2.05, 4.69) is 59.2 Å². The smallest absolute Gasteiger partial charge is 0.310 e. The Labute approximate surface area is 837 Å². The first-order valence-corrected chi connectivity index (χ1v) is 47.3. The fraction of sp³-hybridized carbons (Fsp3) is 0.315. The lowest BCUT2D eigenvalue weighted by atomic mass is 10.0. The summed E-state index contributed by atoms with van der Waals surface area (Å²) in [7, 11) is 13.3. The highest BCUT2D eigenvalue weighted by atomic mass is 35.5. The van der Waals surface area contributed by atoms with Crippen molar-refractivity contribution in [2.75, 3.05) is 67.6 Å². The van der Waals surface area contributed by atoms with E-state index in [9.17, 15) is 59.5 Å². The number of fused-ring (bicyclic) bond motifs is 7. The summed E-state index contributed by atoms with van der Waals surface area (Å²) < 4.78 is 159. The molecule has 0 radical (unpaired) electrons. The van der Waals surface area contributed by atoms with Crippen LogP contribution >= 0.6 is 34.8 Å². The second-order valence-electron chi connectivity index (χ2n) is 32.6. The van der Waals surface area contributed by atoms with Crippen LogP contribution in [0.1, 0.15) is 118 Å². The molecule has 16 aromatic rings. The number of aliphatic carboxylic acids is 2. The first-order chi connectivity index (χ1) is 68.5. The van der Waals surface area contributed by atoms with Crippen LogP contribution in [0.2, 0.25) is 15.1 Å². The van der Waals surface area contributed by atoms with Gasteiger partial charge in [-0.25, -0.2) is 30.7 Å². The zero-order valence-electron chi connectivity index (χ0n) is 82.0. The van der Waals surface area contributed by atoms with E-state index in [0.29, 0.717) is 128 Å². The first-order valence-electron chi connectivity index (χ1n) is 46.1. The molecule has 35 heteroatoms. The highest BCUT2D eigenvalue weighted by Crippen LogP contribution is 2.43. The average Bonchev–Trinajstić information content (AvgIpc) is 1.61. The van der Waals surface area contributed by atoms with Gasteiger partial charge in [0, 0.05) is 124 Å². The normalized spacial score (nSPS) is 10.9. The number of carbonyl (C=O) groups is 6. The van der Waals surface area contributed by atoms with Gasteiger partial charge in [-0.05, 0) is 197 Å². The SMILES string of the molecule is CCOc1c(F)cc(Cl)c2[nH]cc(CC(=O)O)c12.CCOc1c(F)cc(Cl)c2[nH]cc(CC(=O)OC)c12.CCOc1c(F)cc(Cl)c2c1c(CC(=O)OC)cn2C.CCOc1c(F)ccc2c1c(CC(=O)CCc1ccccc1)cn2C.CCOc1c(F)ccc2c1c(CC(=O)O)cn2C.CCOc1c(F)ccc2c1c(CC(=O)OC)cn2C.CCOc1c(F)ccc2c1c(CCCCc1ccccc1)cn2C. The summed E-state index contributed by atoms with van der Waals surface area (Å²) in [6, 6.07) is 36.5. The Bertz CT molecular complexity index is 7140. The Kier molecular flexibility index (Phi) is 40.7. The summed E-state index contributed by atoms with van der Waals surface area (Å²) in [6.45, 7) is 15.0. The van der Waals surface area contributed by atoms with Crippen molar-refractivity contribution in [3.63, 3.8) is 0 Å². The molecule has 0 aliphatic carbocycles. The number of nitrogens with one attached hydrogen (secondary N) is 2. The van der Waals surface area contributed by atoms with Gasteiger partial charge in [-0.1, -0.05) is 95.5 Å². The van der Waals surface area contributed by atoms with Crippen LogP contribution in [-0.2, 0) is 136 Å². The Morgan fingerprint density at radius 2 is 0.594 bits per heavy atom. The van der Waals surface area contributed by atoms with E-state index < -0.39 is 58.8 Å². The lowest BCUT2D eigenvalue weighted by molar-refractivity contribution is -0.140. The summed E-state index contributed by atoms with van der Waals surface area (Å²) in [5, 5.41) is 22.6. The van der Waals surface area contributed by atoms with Gasteiger partial charge in [0.1, 0.15) is 5.78 Å². The number of methoxy groups -OCH3 is 3. The molecule has 0 saturated heterocycles. The van der Waals surface area contributed by atoms with Gasteiger partial charge in [-0.2, -0.15) is 0 Å². The highest BCUT2D eigenvalue weighted by molar-refractivity contribution is 6.36. The predicted octanol–water partition coefficient (Wildman–Crippen LogP) is 23.7. The number of carbonyl (C=O) groups excluding carboxylic acids is 4. The molecule has 0 aliphatic heterocycles. The molecule has 0 saturated carbocycles. The number of ether oxygens (including phenoxy) is 10. The fourth-order valence-corrected chi connectivity index (χ4v) is 17.6. The fourth-order valence-electron chi connectivity index (χ4n) is 16.8. The maximum absolute atomic E-state index is 14.2. The number of nitrogens with zero attached hydrogens (tertiary/aromatic N) is 5. The number of aromatic amines is 2. The largest absolute Gasteiger partial charge is 0.490 e. The number of rotatable bonds is 34. The van der Waals surface area contributed by atoms with Crippen LogP contribution in [0.4, 0.5) is 30.7 Å². The number of aromatic nitrogens is 7. The molecule has 16 rings (SSSR count). The van der Waals surface area contributed by atoms with Gasteiger partial charge < -0.3 is 90.4 Å². The van der Waals surface area contributed by atoms with E-state index in [1.807, 2.05) is 92.8 Å². The standard InChI is InChI=1S/C21H22FNO2.C21H24FNO.C14H15ClFNO3.C14H16FNO3.C13H13ClFNO3.C13H14FNO3.C12H11ClFNO3/c1-3-25-21-18(22)11-12-19-20(21)16(14-23(19)2)13-17(24)10-9-15-7-5-4-6-8-15;1-3-24-21-18(22)13-14-19-20(21)17(15-23(19)2)12-8-7-11-16-9-5-4-6-10-16;1-4-20-14-10(16)6-9(15)13-12(14)8(7-17(13)2)5-11(18)19-3;1-4-19-14-10(15)5-6-11-13(14)9(8-16(11)2)7-12(17)18-3;1-3-19-13-9(15)5-8(14)12-11(13)7(6-16-12)4-10(17)18-2;1-3-18-13-9(14)4-5-10-12(13)8(6-11(16)17)7-15(10)2;1-2-18-12-8(14)4-7(13)11-10(12)6(5-15-11)3-9(16)17/h4-8,11-12,14H,3,9-10,13H2,1-2H3;4-6,9-10,13-15H,3,7-8,11-12H2,1-2H3;6-7H,4-5H2,1-3H3;5-6,8H,4,7H2,1-3H3;5-6,16H,3-4H2,1-2H3;4-5,7H,3,6H2,1-2H3,(H,16,17);4-5,15H,2-3H2,1H3,(H,16,17). The van der Waals surface area contributed by atoms with E-state index in [0.717, 1.165) is 76.8 Å². The number of hydrogen-bond donors (Lipinski definition) is 4. The maximum atomic E-state index is 14.2. The molecule has 760 valence electrons. The highest BCUT2D eigenvalue weighted by Gasteiger charge is 2.28. The number of Topliss-reactive ketones (excluding diaryl/α,β-unsaturated/α-hetero) is 1. The number of H-pyrrole nitrogens is 2. The summed E-state index contributed by atoms with van der Waals surface area (Å²) >= 11 is 18.0. The Hall–Kier alpha value is -14.2. The molecular formula is C108H115Cl3F7N7O18. The minimum Gasteiger partial charge on any atom is -0.490 e. The number of carboxylic acid groups (broad SMARTS) is 2. The van der Waals surface area contributed by atoms with Gasteiger partial charge in [-0.3, -0.25) is 28.8 Å². The molecule has 0 bridgehead atoms. The summed E-state index contributed by atoms with van der Waals surface area (Å²) in [5.41, 5.74) is 12.6. The van der Waals surface area contributed by atoms with Crippen molar-refractivity contribution in [1.82, 2.24) is 32.8 Å². The second-order valence-corrected chi connectivity index (χ2v) is 33.8. The molecule has 0 fully saturated rings. The zero-order valence-corrected chi connectivity index (χ0v) is 84.3. The average molecular weight is 2040 g/mol. The van der Waals surface area contributed by atoms with E-state index in [1.165, 1.54) is 75.1 Å². The molecule has 9 aromatic carbocycles. The number of carboxylic acids is 2. The van der Waals surface area contributed by atoms with Crippen molar-refractivity contribution in [3.8, 4) is 40.2 Å². The lowest BCUT2D eigenvalue weighted by Crippen LogP contribution is -2.05. The van der Waals surface area contributed by atoms with Crippen LogP contribution in [0.25, 0.3) is 76.3 Å². The van der Waals surface area contributed by atoms with Gasteiger partial charge in [0.25, 0.3) is 0 Å². The van der Waals surface area contributed by atoms with Crippen LogP contribution in [0.5, 0.6) is 40.2 Å². The van der Waals surface area contributed by atoms with Crippen LogP contribution in [0, 0.1) is 40.7 Å². The molecule has 4 N–H and O–H groups in total. The predicted molar refractivity (Wildman–Crippen MR) is 541 cm³/mol. The van der Waals surface area contributed by atoms with Crippen LogP contribution in [0.3, 0.4) is 0 Å². The molecule has 0 unspecified atom stereocenters. The van der Waals surface area contributed by atoms with E-state index in [4.69, 9.17) is 78.2 Å². The molecule has 25 nitrogen and oxygen atoms in total. The summed E-state index contributed by atoms with van der Waals surface area (Å²) in [6.07, 6.45) is 17.8. The molecule has 143 heavy (non-hydrogen) atoms. The van der Waals surface area contributed by atoms with E-state index in [1.54, 1.807) is 101 Å². The van der Waals surface area contributed by atoms with Gasteiger partial charge >= 0.3 is 29.8 Å². The number of ketones is 1. The third kappa shape index (κ3) is 27.6. The first kappa shape index (κ1) is 111. The number of unbranched alkanes of at least 4 members (excludes halogenated alkanes) is 1. The third-order valence-electron chi connectivity index (χ3n) is 22.9. The number of aryl methyl sites for hydroxylation is 8. The molecule has 0 aliphatic rings. The van der Waals surface area contributed by atoms with E-state index in [-0.39, 0.29) is 112 Å². The van der Waals surface area contributed by atoms with Crippen LogP contribution in [0.15, 0.2) is 171 Å². The lowest BCUT2D eigenvalue weighted by Gasteiger charge is -2.09. The molecule has 7 heterocycles. The second kappa shape index (κ2) is 52.5. The van der Waals surface area contributed by atoms with Crippen molar-refractivity contribution in [1.29, 1.82) is 0 Å². The Balaban J connectivity index is 0.000000172. The Morgan fingerprint density at radius 1 is 0.315 bits per heavy atom. The molecule has 0 spiro atoms. The number of hydrogen-bond acceptors (Lipinski definition) is 16. The minimum absolute atomic E-state index is 0.0242. The van der Waals surface area contributed by atoms with Gasteiger partial charge in [0.2, 0.25) is 0 Å². The molecule has 0 amide bonds. The van der Waals surface area contributed by atoms with Crippen molar-refractivity contribution in [2.45, 2.75) is 126 Å². The number of halogens is 10. The topological polar surface area (TPSA) is 291 Å². The number of esters is 3. The Morgan fingerprint density at radius 3 is 0.951 bits per heavy atom. The van der Waals surface area contributed by atoms with Crippen LogP contribution < -0.4 is 33.2 Å². The van der Waals surface area contributed by atoms with E-state index >= 15 is 0 Å². The number of benzene rings is 9. The zero-order chi connectivity index (χ0) is 104. The molecule has 7 aromatic heterocycles. The molecule has 0 atom stereocenters. The van der Waals surface area contributed by atoms with Crippen molar-refractivity contribution in [3.05, 3.63) is 277 Å². The van der Waals surface area contributed by atoms with Gasteiger partial charge in [0.15, 0.2) is 81.0 Å². The summed E-state index contributed by atoms with van der Waals surface area (Å²) in [4.78, 5) is 74.1. The van der Waals surface area contributed by atoms with Crippen LogP contribution in [-0.4, -0.2) is 146 Å². The molecular weight excluding hydrogens is 1920 g/mol.